The van der Waals surface area contributed by atoms with Gasteiger partial charge in [-0.3, -0.25) is 4.72 Å². The molecule has 0 spiro atoms. The van der Waals surface area contributed by atoms with Crippen LogP contribution in [0.2, 0.25) is 5.02 Å². The van der Waals surface area contributed by atoms with Gasteiger partial charge in [-0.15, -0.1) is 0 Å². The van der Waals surface area contributed by atoms with Crippen LogP contribution in [0.4, 0.5) is 11.5 Å². The number of pyridine rings is 1. The molecule has 0 aliphatic rings. The Hall–Kier alpha value is -1.83. The molecule has 118 valence electrons. The summed E-state index contributed by atoms with van der Waals surface area (Å²) in [5.41, 5.74) is 0.776. The van der Waals surface area contributed by atoms with Crippen molar-refractivity contribution >= 4 is 33.1 Å². The minimum Gasteiger partial charge on any atom is -0.383 e. The van der Waals surface area contributed by atoms with E-state index in [0.717, 1.165) is 5.69 Å². The second kappa shape index (κ2) is 7.44. The summed E-state index contributed by atoms with van der Waals surface area (Å²) >= 11 is 5.91. The Morgan fingerprint density at radius 1 is 1.23 bits per heavy atom. The Bertz CT molecular complexity index is 720. The van der Waals surface area contributed by atoms with Gasteiger partial charge in [0.2, 0.25) is 0 Å². The molecule has 0 radical (unpaired) electrons. The number of sulfonamides is 1. The minimum absolute atomic E-state index is 0.0146. The number of hydrogen-bond acceptors (Lipinski definition) is 5. The van der Waals surface area contributed by atoms with Gasteiger partial charge in [0.15, 0.2) is 0 Å². The maximum Gasteiger partial charge on any atom is 0.264 e. The first kappa shape index (κ1) is 16.5. The zero-order valence-corrected chi connectivity index (χ0v) is 13.5. The molecule has 0 aliphatic heterocycles. The molecule has 0 fully saturated rings. The number of anilines is 2. The Morgan fingerprint density at radius 2 is 2.00 bits per heavy atom. The van der Waals surface area contributed by atoms with Gasteiger partial charge in [-0.1, -0.05) is 23.7 Å². The molecule has 0 bridgehead atoms. The van der Waals surface area contributed by atoms with Gasteiger partial charge >= 0.3 is 0 Å². The van der Waals surface area contributed by atoms with Crippen LogP contribution in [0, 0.1) is 0 Å². The minimum atomic E-state index is -3.76. The lowest BCUT2D eigenvalue weighted by Gasteiger charge is -2.10. The summed E-state index contributed by atoms with van der Waals surface area (Å²) in [6.07, 6.45) is 1.54. The molecule has 0 amide bonds. The normalized spacial score (nSPS) is 11.2. The van der Waals surface area contributed by atoms with E-state index >= 15 is 0 Å². The van der Waals surface area contributed by atoms with Crippen molar-refractivity contribution in [3.05, 3.63) is 47.6 Å². The highest BCUT2D eigenvalue weighted by Crippen LogP contribution is 2.22. The Labute approximate surface area is 134 Å². The predicted molar refractivity (Wildman–Crippen MR) is 86.9 cm³/mol. The van der Waals surface area contributed by atoms with Crippen molar-refractivity contribution in [1.29, 1.82) is 0 Å². The molecular weight excluding hydrogens is 326 g/mol. The number of halogens is 1. The van der Waals surface area contributed by atoms with Gasteiger partial charge in [0.1, 0.15) is 10.7 Å². The summed E-state index contributed by atoms with van der Waals surface area (Å²) < 4.78 is 31.8. The number of rotatable bonds is 7. The number of hydrogen-bond donors (Lipinski definition) is 2. The summed E-state index contributed by atoms with van der Waals surface area (Å²) in [7, 11) is -2.15. The van der Waals surface area contributed by atoms with E-state index < -0.39 is 10.0 Å². The van der Waals surface area contributed by atoms with Gasteiger partial charge in [-0.05, 0) is 24.3 Å². The second-order valence-corrected chi connectivity index (χ2v) is 6.45. The van der Waals surface area contributed by atoms with Crippen molar-refractivity contribution < 1.29 is 13.2 Å². The van der Waals surface area contributed by atoms with Crippen LogP contribution in [0.5, 0.6) is 0 Å². The number of nitrogens with one attached hydrogen (secondary N) is 2. The lowest BCUT2D eigenvalue weighted by atomic mass is 10.4. The maximum atomic E-state index is 12.3. The van der Waals surface area contributed by atoms with E-state index in [4.69, 9.17) is 16.3 Å². The molecule has 0 saturated carbocycles. The third kappa shape index (κ3) is 4.33. The molecule has 1 aromatic heterocycles. The fourth-order valence-corrected chi connectivity index (χ4v) is 3.24. The fraction of sp³-hybridized carbons (Fsp3) is 0.214. The Balaban J connectivity index is 2.09. The third-order valence-corrected chi connectivity index (χ3v) is 4.62. The van der Waals surface area contributed by atoms with Crippen LogP contribution in [0.1, 0.15) is 0 Å². The van der Waals surface area contributed by atoms with Crippen molar-refractivity contribution in [2.45, 2.75) is 4.90 Å². The van der Waals surface area contributed by atoms with Gasteiger partial charge in [0.25, 0.3) is 10.0 Å². The molecule has 0 unspecified atom stereocenters. The lowest BCUT2D eigenvalue weighted by Crippen LogP contribution is -2.14. The Kier molecular flexibility index (Phi) is 5.59. The second-order valence-electron chi connectivity index (χ2n) is 4.39. The number of nitrogens with zero attached hydrogens (tertiary/aromatic N) is 1. The zero-order valence-electron chi connectivity index (χ0n) is 11.9. The van der Waals surface area contributed by atoms with Crippen molar-refractivity contribution in [3.63, 3.8) is 0 Å². The zero-order chi connectivity index (χ0) is 16.0. The average Bonchev–Trinajstić information content (AvgIpc) is 2.49. The number of methoxy groups -OCH3 is 1. The summed E-state index contributed by atoms with van der Waals surface area (Å²) in [4.78, 5) is 4.08. The molecule has 0 aliphatic carbocycles. The summed E-state index contributed by atoms with van der Waals surface area (Å²) in [6.45, 7) is 1.21. The van der Waals surface area contributed by atoms with Crippen molar-refractivity contribution in [2.75, 3.05) is 30.3 Å². The topological polar surface area (TPSA) is 80.3 Å². The summed E-state index contributed by atoms with van der Waals surface area (Å²) in [6, 6.07) is 9.53. The lowest BCUT2D eigenvalue weighted by molar-refractivity contribution is 0.211. The van der Waals surface area contributed by atoms with E-state index in [0.29, 0.717) is 13.2 Å². The van der Waals surface area contributed by atoms with E-state index in [1.165, 1.54) is 12.1 Å². The molecule has 2 aromatic rings. The summed E-state index contributed by atoms with van der Waals surface area (Å²) in [5.74, 6) is 0.220. The van der Waals surface area contributed by atoms with E-state index in [2.05, 4.69) is 15.0 Å². The molecule has 8 heteroatoms. The number of benzene rings is 1. The molecule has 2 N–H and O–H groups in total. The smallest absolute Gasteiger partial charge is 0.264 e. The monoisotopic (exact) mass is 341 g/mol. The average molecular weight is 342 g/mol. The van der Waals surface area contributed by atoms with Crippen LogP contribution in [0.3, 0.4) is 0 Å². The molecular formula is C14H16ClN3O3S. The fourth-order valence-electron chi connectivity index (χ4n) is 1.71. The highest BCUT2D eigenvalue weighted by molar-refractivity contribution is 7.92. The van der Waals surface area contributed by atoms with Gasteiger partial charge in [0.05, 0.1) is 23.5 Å². The van der Waals surface area contributed by atoms with Gasteiger partial charge in [-0.25, -0.2) is 13.4 Å². The predicted octanol–water partition coefficient (Wildman–Crippen LogP) is 2.59. The third-order valence-electron chi connectivity index (χ3n) is 2.76. The van der Waals surface area contributed by atoms with E-state index in [1.54, 1.807) is 37.6 Å². The first-order chi connectivity index (χ1) is 10.5. The molecule has 22 heavy (non-hydrogen) atoms. The molecule has 1 aromatic carbocycles. The van der Waals surface area contributed by atoms with E-state index in [1.807, 2.05) is 0 Å². The molecule has 2 rings (SSSR count). The van der Waals surface area contributed by atoms with Crippen LogP contribution in [0.25, 0.3) is 0 Å². The van der Waals surface area contributed by atoms with Crippen LogP contribution >= 0.6 is 11.6 Å². The first-order valence-electron chi connectivity index (χ1n) is 6.49. The molecule has 1 heterocycles. The quantitative estimate of drug-likeness (QED) is 0.757. The van der Waals surface area contributed by atoms with E-state index in [9.17, 15) is 8.42 Å². The molecule has 0 saturated heterocycles. The molecule has 6 nitrogen and oxygen atoms in total. The Morgan fingerprint density at radius 3 is 2.64 bits per heavy atom. The van der Waals surface area contributed by atoms with Gasteiger partial charge in [0, 0.05) is 13.7 Å². The van der Waals surface area contributed by atoms with Crippen LogP contribution in [-0.2, 0) is 14.8 Å². The van der Waals surface area contributed by atoms with Crippen molar-refractivity contribution in [3.8, 4) is 0 Å². The van der Waals surface area contributed by atoms with Crippen molar-refractivity contribution in [2.24, 2.45) is 0 Å². The maximum absolute atomic E-state index is 12.3. The van der Waals surface area contributed by atoms with E-state index in [-0.39, 0.29) is 15.7 Å². The van der Waals surface area contributed by atoms with Gasteiger partial charge < -0.3 is 10.1 Å². The largest absolute Gasteiger partial charge is 0.383 e. The number of ether oxygens (including phenoxy) is 1. The van der Waals surface area contributed by atoms with Crippen LogP contribution in [0.15, 0.2) is 47.5 Å². The highest BCUT2D eigenvalue weighted by Gasteiger charge is 2.17. The first-order valence-corrected chi connectivity index (χ1v) is 8.35. The summed E-state index contributed by atoms with van der Waals surface area (Å²) in [5, 5.41) is 3.25. The van der Waals surface area contributed by atoms with Crippen LogP contribution < -0.4 is 10.0 Å². The van der Waals surface area contributed by atoms with Gasteiger partial charge in [-0.2, -0.15) is 0 Å². The van der Waals surface area contributed by atoms with Crippen molar-refractivity contribution in [1.82, 2.24) is 4.98 Å². The standard InChI is InChI=1S/C14H16ClN3O3S/c1-21-9-8-16-11-6-7-14(17-10-11)18-22(19,20)13-5-3-2-4-12(13)15/h2-7,10,16H,8-9H2,1H3,(H,17,18). The molecule has 0 atom stereocenters. The number of aromatic nitrogens is 1. The van der Waals surface area contributed by atoms with Crippen LogP contribution in [-0.4, -0.2) is 33.7 Å². The highest BCUT2D eigenvalue weighted by atomic mass is 35.5. The SMILES string of the molecule is COCCNc1ccc(NS(=O)(=O)c2ccccc2Cl)nc1.